The number of hydrogen-bond acceptors (Lipinski definition) is 7. The number of halogens is 2. The molecular formula is C34H32BrFN6O4. The maximum atomic E-state index is 14.5. The maximum absolute atomic E-state index is 14.5. The molecule has 2 atom stereocenters. The highest BCUT2D eigenvalue weighted by atomic mass is 79.9. The molecule has 0 spiro atoms. The van der Waals surface area contributed by atoms with Gasteiger partial charge in [0.2, 0.25) is 5.90 Å². The third-order valence-electron chi connectivity index (χ3n) is 7.54. The van der Waals surface area contributed by atoms with Crippen molar-refractivity contribution in [2.45, 2.75) is 37.6 Å². The molecule has 0 bridgehead atoms. The number of aliphatic hydroxyl groups excluding tert-OH is 1. The Hall–Kier alpha value is -4.74. The molecule has 236 valence electrons. The SMILES string of the molecule is [N-]=[N+]=NCc1ccccc1C[C@]1(C(=O)NNCc2ccccc2F)N=C(c2ccc(OCCCO)cc2)O[C@H]1c1ccccc1Br. The van der Waals surface area contributed by atoms with Crippen molar-refractivity contribution in [2.75, 3.05) is 13.2 Å². The fourth-order valence-electron chi connectivity index (χ4n) is 5.20. The van der Waals surface area contributed by atoms with Crippen LogP contribution in [0.2, 0.25) is 0 Å². The van der Waals surface area contributed by atoms with Crippen molar-refractivity contribution in [3.8, 4) is 5.75 Å². The minimum atomic E-state index is -1.55. The Kier molecular flexibility index (Phi) is 11.0. The van der Waals surface area contributed by atoms with Crippen LogP contribution in [-0.2, 0) is 29.0 Å². The Bertz CT molecular complexity index is 1750. The first-order valence-corrected chi connectivity index (χ1v) is 15.4. The van der Waals surface area contributed by atoms with Gasteiger partial charge in [-0.3, -0.25) is 10.2 Å². The molecule has 10 nitrogen and oxygen atoms in total. The second-order valence-corrected chi connectivity index (χ2v) is 11.4. The van der Waals surface area contributed by atoms with Crippen LogP contribution in [0, 0.1) is 5.82 Å². The monoisotopic (exact) mass is 686 g/mol. The van der Waals surface area contributed by atoms with Gasteiger partial charge in [-0.05, 0) is 53.1 Å². The summed E-state index contributed by atoms with van der Waals surface area (Å²) < 4.78 is 27.3. The highest BCUT2D eigenvalue weighted by Crippen LogP contribution is 2.45. The van der Waals surface area contributed by atoms with E-state index in [0.717, 1.165) is 15.6 Å². The van der Waals surface area contributed by atoms with Crippen LogP contribution in [0.4, 0.5) is 4.39 Å². The number of nitrogens with zero attached hydrogens (tertiary/aromatic N) is 4. The summed E-state index contributed by atoms with van der Waals surface area (Å²) >= 11 is 3.64. The molecule has 1 heterocycles. The average molecular weight is 688 g/mol. The summed E-state index contributed by atoms with van der Waals surface area (Å²) in [4.78, 5) is 22.4. The number of aliphatic hydroxyl groups is 1. The molecule has 4 aromatic rings. The molecule has 0 saturated carbocycles. The molecule has 5 rings (SSSR count). The van der Waals surface area contributed by atoms with Crippen LogP contribution in [0.1, 0.15) is 40.3 Å². The van der Waals surface area contributed by atoms with Gasteiger partial charge in [0.25, 0.3) is 5.91 Å². The molecule has 3 N–H and O–H groups in total. The highest BCUT2D eigenvalue weighted by molar-refractivity contribution is 9.10. The topological polar surface area (TPSA) is 141 Å². The Balaban J connectivity index is 1.57. The zero-order valence-electron chi connectivity index (χ0n) is 24.8. The van der Waals surface area contributed by atoms with E-state index in [1.807, 2.05) is 48.5 Å². The normalized spacial score (nSPS) is 17.0. The quantitative estimate of drug-likeness (QED) is 0.0458. The summed E-state index contributed by atoms with van der Waals surface area (Å²) in [7, 11) is 0. The van der Waals surface area contributed by atoms with E-state index in [9.17, 15) is 9.18 Å². The van der Waals surface area contributed by atoms with Crippen LogP contribution in [0.5, 0.6) is 5.75 Å². The lowest BCUT2D eigenvalue weighted by atomic mass is 9.81. The largest absolute Gasteiger partial charge is 0.494 e. The first kappa shape index (κ1) is 32.6. The van der Waals surface area contributed by atoms with E-state index in [0.29, 0.717) is 35.5 Å². The molecule has 0 saturated heterocycles. The number of azide groups is 1. The summed E-state index contributed by atoms with van der Waals surface area (Å²) in [5, 5.41) is 12.8. The van der Waals surface area contributed by atoms with Gasteiger partial charge in [-0.25, -0.2) is 14.8 Å². The zero-order valence-corrected chi connectivity index (χ0v) is 26.4. The predicted octanol–water partition coefficient (Wildman–Crippen LogP) is 6.48. The number of aliphatic imine (C=N–C) groups is 1. The second-order valence-electron chi connectivity index (χ2n) is 10.5. The number of hydrogen-bond donors (Lipinski definition) is 3. The minimum Gasteiger partial charge on any atom is -0.494 e. The van der Waals surface area contributed by atoms with Crippen LogP contribution in [0.25, 0.3) is 10.4 Å². The summed E-state index contributed by atoms with van der Waals surface area (Å²) in [5.74, 6) is -0.0293. The molecular weight excluding hydrogens is 655 g/mol. The molecule has 0 aliphatic carbocycles. The van der Waals surface area contributed by atoms with Gasteiger partial charge < -0.3 is 14.6 Å². The van der Waals surface area contributed by atoms with E-state index < -0.39 is 23.4 Å². The van der Waals surface area contributed by atoms with Crippen molar-refractivity contribution in [3.05, 3.63) is 146 Å². The van der Waals surface area contributed by atoms with Crippen molar-refractivity contribution >= 4 is 27.7 Å². The van der Waals surface area contributed by atoms with Gasteiger partial charge in [0.15, 0.2) is 11.6 Å². The Morgan fingerprint density at radius 2 is 1.72 bits per heavy atom. The number of benzene rings is 4. The Morgan fingerprint density at radius 1 is 1.02 bits per heavy atom. The second kappa shape index (κ2) is 15.5. The third kappa shape index (κ3) is 7.55. The van der Waals surface area contributed by atoms with Crippen molar-refractivity contribution < 1.29 is 23.8 Å². The molecule has 46 heavy (non-hydrogen) atoms. The zero-order chi connectivity index (χ0) is 32.4. The standard InChI is InChI=1S/C34H32BrFN6O4/c35-29-12-5-4-11-28(29)31-34(20-24-8-1-2-9-25(24)21-39-42-37,33(44)41-38-22-26-10-3-6-13-30(26)36)40-32(46-31)23-14-16-27(17-15-23)45-19-7-18-43/h1-6,8-17,31,38,43H,7,18-22H2,(H,41,44)/t31-,34-/m0/s1. The van der Waals surface area contributed by atoms with Gasteiger partial charge in [0, 0.05) is 52.1 Å². The molecule has 0 unspecified atom stereocenters. The van der Waals surface area contributed by atoms with Gasteiger partial charge in [-0.1, -0.05) is 81.7 Å². The van der Waals surface area contributed by atoms with Crippen LogP contribution >= 0.6 is 15.9 Å². The van der Waals surface area contributed by atoms with Crippen LogP contribution in [-0.4, -0.2) is 35.7 Å². The van der Waals surface area contributed by atoms with E-state index in [1.54, 1.807) is 42.5 Å². The van der Waals surface area contributed by atoms with Crippen molar-refractivity contribution in [3.63, 3.8) is 0 Å². The lowest BCUT2D eigenvalue weighted by molar-refractivity contribution is -0.130. The maximum Gasteiger partial charge on any atom is 0.266 e. The number of rotatable bonds is 14. The number of ether oxygens (including phenoxy) is 2. The van der Waals surface area contributed by atoms with E-state index in [4.69, 9.17) is 25.1 Å². The number of carbonyl (C=O) groups excluding carboxylic acids is 1. The average Bonchev–Trinajstić information content (AvgIpc) is 3.46. The number of hydrazine groups is 1. The van der Waals surface area contributed by atoms with Gasteiger partial charge in [0.05, 0.1) is 13.2 Å². The minimum absolute atomic E-state index is 0.0322. The lowest BCUT2D eigenvalue weighted by Crippen LogP contribution is -2.53. The molecule has 0 fully saturated rings. The summed E-state index contributed by atoms with van der Waals surface area (Å²) in [5.41, 5.74) is 16.3. The molecule has 1 amide bonds. The van der Waals surface area contributed by atoms with Crippen molar-refractivity contribution in [1.82, 2.24) is 10.9 Å². The summed E-state index contributed by atoms with van der Waals surface area (Å²) in [6, 6.07) is 28.3. The Labute approximate surface area is 274 Å². The molecule has 12 heteroatoms. The van der Waals surface area contributed by atoms with Crippen molar-refractivity contribution in [1.29, 1.82) is 0 Å². The fourth-order valence-corrected chi connectivity index (χ4v) is 5.69. The van der Waals surface area contributed by atoms with E-state index in [-0.39, 0.29) is 32.0 Å². The molecule has 0 radical (unpaired) electrons. The van der Waals surface area contributed by atoms with Crippen molar-refractivity contribution in [2.24, 2.45) is 10.1 Å². The molecule has 0 aromatic heterocycles. The van der Waals surface area contributed by atoms with Gasteiger partial charge in [-0.15, -0.1) is 0 Å². The van der Waals surface area contributed by atoms with Gasteiger partial charge in [-0.2, -0.15) is 0 Å². The van der Waals surface area contributed by atoms with E-state index in [1.165, 1.54) is 6.07 Å². The first-order valence-electron chi connectivity index (χ1n) is 14.6. The van der Waals surface area contributed by atoms with Crippen LogP contribution < -0.4 is 15.6 Å². The summed E-state index contributed by atoms with van der Waals surface area (Å²) in [6.45, 7) is 0.530. The number of carbonyl (C=O) groups is 1. The third-order valence-corrected chi connectivity index (χ3v) is 8.26. The van der Waals surface area contributed by atoms with Gasteiger partial charge >= 0.3 is 0 Å². The lowest BCUT2D eigenvalue weighted by Gasteiger charge is -2.32. The molecule has 1 aliphatic heterocycles. The molecule has 1 aliphatic rings. The summed E-state index contributed by atoms with van der Waals surface area (Å²) in [6.07, 6.45) is -0.286. The van der Waals surface area contributed by atoms with E-state index in [2.05, 4.69) is 36.8 Å². The van der Waals surface area contributed by atoms with Gasteiger partial charge in [0.1, 0.15) is 11.6 Å². The highest BCUT2D eigenvalue weighted by Gasteiger charge is 2.54. The Morgan fingerprint density at radius 3 is 2.43 bits per heavy atom. The van der Waals surface area contributed by atoms with Crippen LogP contribution in [0.15, 0.2) is 112 Å². The fraction of sp³-hybridized carbons (Fsp3) is 0.235. The predicted molar refractivity (Wildman–Crippen MR) is 175 cm³/mol. The smallest absolute Gasteiger partial charge is 0.266 e. The number of nitrogens with one attached hydrogen (secondary N) is 2. The molecule has 4 aromatic carbocycles. The number of amides is 1. The van der Waals surface area contributed by atoms with E-state index >= 15 is 0 Å². The first-order chi connectivity index (χ1) is 22.4. The van der Waals surface area contributed by atoms with Crippen LogP contribution in [0.3, 0.4) is 0 Å².